The topological polar surface area (TPSA) is 25.8 Å². The molecule has 5 aromatic rings. The summed E-state index contributed by atoms with van der Waals surface area (Å²) in [7, 11) is -1.70. The third kappa shape index (κ3) is 9.41. The second-order valence-corrected chi connectivity index (χ2v) is 18.2. The van der Waals surface area contributed by atoms with E-state index in [2.05, 4.69) is 68.6 Å². The van der Waals surface area contributed by atoms with Crippen LogP contribution in [0.1, 0.15) is 58.2 Å². The largest absolute Gasteiger partial charge is 0.305 e. The van der Waals surface area contributed by atoms with Crippen molar-refractivity contribution in [2.75, 3.05) is 0 Å². The summed E-state index contributed by atoms with van der Waals surface area (Å²) in [5.41, 5.74) is 7.21. The molecule has 2 nitrogen and oxygen atoms in total. The van der Waals surface area contributed by atoms with E-state index < -0.39 is 21.3 Å². The zero-order valence-electron chi connectivity index (χ0n) is 32.0. The van der Waals surface area contributed by atoms with Gasteiger partial charge in [-0.1, -0.05) is 102 Å². The maximum atomic E-state index is 8.67. The summed E-state index contributed by atoms with van der Waals surface area (Å²) in [6, 6.07) is 33.5. The van der Waals surface area contributed by atoms with E-state index in [9.17, 15) is 0 Å². The maximum Gasteiger partial charge on any atom is 0.0798 e. The van der Waals surface area contributed by atoms with Crippen molar-refractivity contribution in [1.82, 2.24) is 9.97 Å². The van der Waals surface area contributed by atoms with Gasteiger partial charge in [0.1, 0.15) is 0 Å². The fourth-order valence-electron chi connectivity index (χ4n) is 4.69. The molecular weight excluding hydrogens is 729 g/mol. The van der Waals surface area contributed by atoms with E-state index in [1.807, 2.05) is 98.9 Å². The third-order valence-electron chi connectivity index (χ3n) is 7.08. The number of nitrogens with zero attached hydrogens (tertiary/aromatic N) is 2. The van der Waals surface area contributed by atoms with Crippen molar-refractivity contribution in [3.05, 3.63) is 126 Å². The van der Waals surface area contributed by atoms with E-state index in [0.717, 1.165) is 33.1 Å². The van der Waals surface area contributed by atoms with E-state index in [0.29, 0.717) is 11.3 Å². The molecule has 0 aliphatic carbocycles. The van der Waals surface area contributed by atoms with Crippen molar-refractivity contribution in [2.24, 2.45) is 5.92 Å². The summed E-state index contributed by atoms with van der Waals surface area (Å²) in [6.07, 6.45) is 1.98. The van der Waals surface area contributed by atoms with Gasteiger partial charge in [-0.2, -0.15) is 0 Å². The van der Waals surface area contributed by atoms with Gasteiger partial charge in [0.2, 0.25) is 0 Å². The number of hydrogen-bond acceptors (Lipinski definition) is 2. The molecule has 0 saturated heterocycles. The average Bonchev–Trinajstić information content (AvgIpc) is 3.04. The van der Waals surface area contributed by atoms with Crippen LogP contribution in [0.3, 0.4) is 0 Å². The summed E-state index contributed by atoms with van der Waals surface area (Å²) >= 11 is 0. The zero-order valence-corrected chi connectivity index (χ0v) is 30.4. The molecule has 4 heteroatoms. The molecule has 0 atom stereocenters. The van der Waals surface area contributed by atoms with Gasteiger partial charge in [-0.3, -0.25) is 0 Å². The van der Waals surface area contributed by atoms with Crippen LogP contribution in [0.5, 0.6) is 0 Å². The van der Waals surface area contributed by atoms with Crippen molar-refractivity contribution in [3.63, 3.8) is 0 Å². The van der Waals surface area contributed by atoms with Gasteiger partial charge in [0.15, 0.2) is 0 Å². The molecule has 5 rings (SSSR count). The minimum Gasteiger partial charge on any atom is -0.305 e. The monoisotopic (exact) mass is 780 g/mol. The van der Waals surface area contributed by atoms with Crippen LogP contribution in [-0.2, 0) is 31.9 Å². The van der Waals surface area contributed by atoms with Gasteiger partial charge in [0, 0.05) is 39.4 Å². The third-order valence-corrected chi connectivity index (χ3v) is 9.10. The molecule has 0 bridgehead atoms. The molecule has 3 aromatic carbocycles. The number of benzene rings is 3. The summed E-state index contributed by atoms with van der Waals surface area (Å²) in [4.78, 5) is 8.99. The molecule has 0 aliphatic heterocycles. The first-order chi connectivity index (χ1) is 22.3. The quantitative estimate of drug-likeness (QED) is 0.127. The Kier molecular flexibility index (Phi) is 9.79. The van der Waals surface area contributed by atoms with Crippen molar-refractivity contribution < 1.29 is 27.0 Å². The van der Waals surface area contributed by atoms with E-state index in [1.165, 1.54) is 11.8 Å². The van der Waals surface area contributed by atoms with Gasteiger partial charge in [0.05, 0.1) is 8.07 Å². The van der Waals surface area contributed by atoms with E-state index in [-0.39, 0.29) is 37.0 Å². The molecular formula is C40H46IrN2Si-2. The summed E-state index contributed by atoms with van der Waals surface area (Å²) in [6.45, 7) is 15.0. The molecule has 1 radical (unpaired) electrons. The number of rotatable bonds is 6. The molecule has 0 N–H and O–H groups in total. The summed E-state index contributed by atoms with van der Waals surface area (Å²) in [5, 5.41) is 1.10. The van der Waals surface area contributed by atoms with Crippen molar-refractivity contribution in [3.8, 4) is 33.6 Å². The zero-order chi connectivity index (χ0) is 35.5. The fraction of sp³-hybridized carbons (Fsp3) is 0.300. The second-order valence-electron chi connectivity index (χ2n) is 13.2. The summed E-state index contributed by atoms with van der Waals surface area (Å²) in [5.74, 6) is -0.0971. The van der Waals surface area contributed by atoms with Crippen LogP contribution in [0.2, 0.25) is 19.6 Å². The normalized spacial score (nSPS) is 13.7. The maximum absolute atomic E-state index is 8.67. The minimum absolute atomic E-state index is 0. The van der Waals surface area contributed by atoms with Gasteiger partial charge >= 0.3 is 0 Å². The Balaban J connectivity index is 0.000000263. The van der Waals surface area contributed by atoms with E-state index in [4.69, 9.17) is 6.85 Å². The van der Waals surface area contributed by atoms with Crippen LogP contribution >= 0.6 is 0 Å². The molecule has 231 valence electrons. The van der Waals surface area contributed by atoms with Crippen LogP contribution in [0.25, 0.3) is 33.6 Å². The van der Waals surface area contributed by atoms with Gasteiger partial charge in [-0.05, 0) is 57.8 Å². The standard InChI is InChI=1S/C22H32NSi.C18H14N.Ir/c1-16(2)13-18-14-20(23-15-21(18)24(6,7)8)17-9-11-19(12-10-17)22(3,4)5;1-14-13-19-18(16-10-6-3-7-11-16)12-17(14)15-8-4-2-5-9-15;/h9,11-12,14-16H,13H2,1-8H3;2-10,12-13H,1H3;/q2*-1;/i13D2;1D3;. The van der Waals surface area contributed by atoms with Crippen LogP contribution in [-0.4, -0.2) is 18.0 Å². The predicted octanol–water partition coefficient (Wildman–Crippen LogP) is 10.1. The van der Waals surface area contributed by atoms with Gasteiger partial charge in [-0.15, -0.1) is 71.3 Å². The molecule has 0 unspecified atom stereocenters. The first-order valence-electron chi connectivity index (χ1n) is 17.4. The van der Waals surface area contributed by atoms with Gasteiger partial charge < -0.3 is 9.97 Å². The van der Waals surface area contributed by atoms with Crippen molar-refractivity contribution >= 4 is 13.3 Å². The van der Waals surface area contributed by atoms with Crippen molar-refractivity contribution in [2.45, 2.75) is 72.9 Å². The molecule has 0 aliphatic rings. The number of aromatic nitrogens is 2. The fourth-order valence-corrected chi connectivity index (χ4v) is 6.10. The van der Waals surface area contributed by atoms with E-state index in [1.54, 1.807) is 0 Å². The summed E-state index contributed by atoms with van der Waals surface area (Å²) < 4.78 is 40.5. The van der Waals surface area contributed by atoms with Crippen LogP contribution in [0.15, 0.2) is 97.3 Å². The first kappa shape index (κ1) is 28.3. The second kappa shape index (κ2) is 15.2. The Hall–Kier alpha value is -3.17. The molecule has 2 aromatic heterocycles. The van der Waals surface area contributed by atoms with Crippen LogP contribution in [0, 0.1) is 24.9 Å². The molecule has 0 spiro atoms. The van der Waals surface area contributed by atoms with Gasteiger partial charge in [-0.25, -0.2) is 0 Å². The van der Waals surface area contributed by atoms with Crippen LogP contribution < -0.4 is 5.19 Å². The molecule has 0 saturated carbocycles. The number of hydrogen-bond donors (Lipinski definition) is 0. The Bertz CT molecular complexity index is 1810. The Morgan fingerprint density at radius 2 is 1.50 bits per heavy atom. The Morgan fingerprint density at radius 3 is 2.07 bits per heavy atom. The van der Waals surface area contributed by atoms with Crippen LogP contribution in [0.4, 0.5) is 0 Å². The average molecular weight is 780 g/mol. The SMILES string of the molecule is [2H]C([2H])([2H])c1cnc(-c2[c-]cccc2)cc1-c1ccccc1.[2H]C([2H])(c1cc(-c2[c-]cc(C(C)(C)C)cc2)ncc1[Si](C)(C)C)C(C)C.[Ir]. The first-order valence-corrected chi connectivity index (χ1v) is 18.4. The Morgan fingerprint density at radius 1 is 0.841 bits per heavy atom. The predicted molar refractivity (Wildman–Crippen MR) is 187 cm³/mol. The number of pyridine rings is 2. The molecule has 44 heavy (non-hydrogen) atoms. The van der Waals surface area contributed by atoms with E-state index >= 15 is 0 Å². The Labute approximate surface area is 287 Å². The van der Waals surface area contributed by atoms with Gasteiger partial charge in [0.25, 0.3) is 0 Å². The molecule has 2 heterocycles. The molecule has 0 amide bonds. The van der Waals surface area contributed by atoms with Crippen molar-refractivity contribution in [1.29, 1.82) is 0 Å². The smallest absolute Gasteiger partial charge is 0.0798 e. The number of aryl methyl sites for hydroxylation is 1. The molecule has 0 fully saturated rings. The minimum atomic E-state index is -2.20.